The molecule has 1 saturated heterocycles. The topological polar surface area (TPSA) is 23.6 Å². The maximum absolute atomic E-state index is 13.2. The molecule has 4 rings (SSSR count). The second-order valence-electron chi connectivity index (χ2n) is 8.11. The number of halogens is 1. The van der Waals surface area contributed by atoms with E-state index in [4.69, 9.17) is 0 Å². The summed E-state index contributed by atoms with van der Waals surface area (Å²) in [6.45, 7) is 3.53. The summed E-state index contributed by atoms with van der Waals surface area (Å²) < 4.78 is 1.08. The Bertz CT molecular complexity index is 982. The molecule has 3 aromatic carbocycles. The van der Waals surface area contributed by atoms with Gasteiger partial charge in [-0.05, 0) is 41.8 Å². The zero-order valence-corrected chi connectivity index (χ0v) is 20.6. The number of benzene rings is 3. The molecule has 5 heteroatoms. The minimum Gasteiger partial charge on any atom is -0.333 e. The Kier molecular flexibility index (Phi) is 8.43. The molecule has 0 N–H and O–H groups in total. The molecule has 0 unspecified atom stereocenters. The van der Waals surface area contributed by atoms with E-state index in [1.165, 1.54) is 16.0 Å². The third-order valence-electron chi connectivity index (χ3n) is 5.96. The summed E-state index contributed by atoms with van der Waals surface area (Å²) in [5, 5.41) is 0. The first-order valence-electron chi connectivity index (χ1n) is 11.2. The van der Waals surface area contributed by atoms with Gasteiger partial charge in [0.1, 0.15) is 0 Å². The van der Waals surface area contributed by atoms with Crippen molar-refractivity contribution in [3.8, 4) is 0 Å². The standard InChI is InChI=1S/C27H29BrN2OS/c28-24-11-13-25(14-12-24)32-21-26(23-9-5-2-6-10-23)30-20-19-29(18-16-27(30)31)17-15-22-7-3-1-4-8-22/h1-14,26H,15-21H2/t26-/m0/s1. The SMILES string of the molecule is O=C1CCN(CCc2ccccc2)CCN1[C@@H](CSc1ccc(Br)cc1)c1ccccc1. The lowest BCUT2D eigenvalue weighted by molar-refractivity contribution is -0.132. The quantitative estimate of drug-likeness (QED) is 0.345. The molecular formula is C27H29BrN2OS. The minimum absolute atomic E-state index is 0.0754. The van der Waals surface area contributed by atoms with E-state index in [-0.39, 0.29) is 11.9 Å². The van der Waals surface area contributed by atoms with Crippen LogP contribution in [-0.2, 0) is 11.2 Å². The average Bonchev–Trinajstić information content (AvgIpc) is 3.02. The molecule has 0 spiro atoms. The van der Waals surface area contributed by atoms with Gasteiger partial charge in [-0.3, -0.25) is 4.79 Å². The van der Waals surface area contributed by atoms with E-state index in [0.29, 0.717) is 6.42 Å². The van der Waals surface area contributed by atoms with E-state index in [2.05, 4.69) is 105 Å². The molecule has 1 fully saturated rings. The molecule has 1 amide bonds. The number of rotatable bonds is 8. The van der Waals surface area contributed by atoms with Gasteiger partial charge in [-0.25, -0.2) is 0 Å². The first-order valence-corrected chi connectivity index (χ1v) is 13.0. The van der Waals surface area contributed by atoms with Gasteiger partial charge in [-0.15, -0.1) is 11.8 Å². The molecule has 1 aliphatic heterocycles. The number of carbonyl (C=O) groups excluding carboxylic acids is 1. The molecule has 166 valence electrons. The molecule has 0 bridgehead atoms. The largest absolute Gasteiger partial charge is 0.333 e. The van der Waals surface area contributed by atoms with Crippen LogP contribution >= 0.6 is 27.7 Å². The normalized spacial score (nSPS) is 16.0. The van der Waals surface area contributed by atoms with Crippen molar-refractivity contribution in [1.82, 2.24) is 9.80 Å². The zero-order valence-electron chi connectivity index (χ0n) is 18.2. The molecule has 3 nitrogen and oxygen atoms in total. The fraction of sp³-hybridized carbons (Fsp3) is 0.296. The maximum atomic E-state index is 13.2. The van der Waals surface area contributed by atoms with Crippen molar-refractivity contribution < 1.29 is 4.79 Å². The zero-order chi connectivity index (χ0) is 22.2. The second-order valence-corrected chi connectivity index (χ2v) is 10.1. The van der Waals surface area contributed by atoms with Gasteiger partial charge in [0.25, 0.3) is 0 Å². The summed E-state index contributed by atoms with van der Waals surface area (Å²) >= 11 is 5.32. The summed E-state index contributed by atoms with van der Waals surface area (Å²) in [5.74, 6) is 1.11. The van der Waals surface area contributed by atoms with Crippen molar-refractivity contribution in [2.75, 3.05) is 31.9 Å². The summed E-state index contributed by atoms with van der Waals surface area (Å²) in [6.07, 6.45) is 1.61. The number of hydrogen-bond acceptors (Lipinski definition) is 3. The maximum Gasteiger partial charge on any atom is 0.224 e. The van der Waals surface area contributed by atoms with Crippen molar-refractivity contribution in [1.29, 1.82) is 0 Å². The van der Waals surface area contributed by atoms with Gasteiger partial charge in [-0.1, -0.05) is 76.6 Å². The number of amides is 1. The van der Waals surface area contributed by atoms with E-state index < -0.39 is 0 Å². The fourth-order valence-electron chi connectivity index (χ4n) is 4.12. The smallest absolute Gasteiger partial charge is 0.224 e. The van der Waals surface area contributed by atoms with Gasteiger partial charge < -0.3 is 9.80 Å². The molecule has 32 heavy (non-hydrogen) atoms. The predicted octanol–water partition coefficient (Wildman–Crippen LogP) is 6.06. The van der Waals surface area contributed by atoms with Crippen LogP contribution in [-0.4, -0.2) is 47.6 Å². The molecule has 3 aromatic rings. The van der Waals surface area contributed by atoms with Crippen LogP contribution in [0.3, 0.4) is 0 Å². The number of thioether (sulfide) groups is 1. The van der Waals surface area contributed by atoms with Crippen LogP contribution in [0.15, 0.2) is 94.3 Å². The van der Waals surface area contributed by atoms with Crippen LogP contribution in [0.5, 0.6) is 0 Å². The lowest BCUT2D eigenvalue weighted by Crippen LogP contribution is -2.38. The number of carbonyl (C=O) groups is 1. The van der Waals surface area contributed by atoms with E-state index >= 15 is 0 Å². The van der Waals surface area contributed by atoms with Gasteiger partial charge in [-0.2, -0.15) is 0 Å². The van der Waals surface area contributed by atoms with Crippen molar-refractivity contribution >= 4 is 33.6 Å². The molecular weight excluding hydrogens is 480 g/mol. The van der Waals surface area contributed by atoms with Crippen molar-refractivity contribution in [3.05, 3.63) is 101 Å². The molecule has 0 saturated carbocycles. The van der Waals surface area contributed by atoms with E-state index in [9.17, 15) is 4.79 Å². The Morgan fingerprint density at radius 3 is 2.25 bits per heavy atom. The molecule has 1 aliphatic rings. The van der Waals surface area contributed by atoms with Gasteiger partial charge in [0.2, 0.25) is 5.91 Å². The van der Waals surface area contributed by atoms with Crippen molar-refractivity contribution in [3.63, 3.8) is 0 Å². The van der Waals surface area contributed by atoms with Crippen molar-refractivity contribution in [2.24, 2.45) is 0 Å². The Morgan fingerprint density at radius 2 is 1.53 bits per heavy atom. The molecule has 0 radical (unpaired) electrons. The van der Waals surface area contributed by atoms with Gasteiger partial charge in [0, 0.05) is 47.7 Å². The predicted molar refractivity (Wildman–Crippen MR) is 137 cm³/mol. The monoisotopic (exact) mass is 508 g/mol. The van der Waals surface area contributed by atoms with E-state index in [0.717, 1.165) is 42.8 Å². The highest BCUT2D eigenvalue weighted by Gasteiger charge is 2.28. The first kappa shape index (κ1) is 23.1. The third-order valence-corrected chi connectivity index (χ3v) is 7.58. The fourth-order valence-corrected chi connectivity index (χ4v) is 5.43. The summed E-state index contributed by atoms with van der Waals surface area (Å²) in [6, 6.07) is 29.6. The van der Waals surface area contributed by atoms with Crippen LogP contribution < -0.4 is 0 Å². The van der Waals surface area contributed by atoms with Gasteiger partial charge in [0.05, 0.1) is 6.04 Å². The summed E-state index contributed by atoms with van der Waals surface area (Å²) in [5.41, 5.74) is 2.57. The molecule has 1 atom stereocenters. The third kappa shape index (κ3) is 6.47. The van der Waals surface area contributed by atoms with Crippen LogP contribution in [0.2, 0.25) is 0 Å². The van der Waals surface area contributed by atoms with Crippen LogP contribution in [0, 0.1) is 0 Å². The lowest BCUT2D eigenvalue weighted by atomic mass is 10.1. The van der Waals surface area contributed by atoms with Gasteiger partial charge in [0.15, 0.2) is 0 Å². The van der Waals surface area contributed by atoms with Crippen LogP contribution in [0.25, 0.3) is 0 Å². The Labute approximate surface area is 203 Å². The Morgan fingerprint density at radius 1 is 0.844 bits per heavy atom. The van der Waals surface area contributed by atoms with Crippen molar-refractivity contribution in [2.45, 2.75) is 23.8 Å². The highest BCUT2D eigenvalue weighted by Crippen LogP contribution is 2.31. The summed E-state index contributed by atoms with van der Waals surface area (Å²) in [4.78, 5) is 19.0. The Balaban J connectivity index is 1.43. The number of nitrogens with zero attached hydrogens (tertiary/aromatic N) is 2. The highest BCUT2D eigenvalue weighted by atomic mass is 79.9. The van der Waals surface area contributed by atoms with E-state index in [1.807, 2.05) is 17.8 Å². The minimum atomic E-state index is 0.0754. The first-order chi connectivity index (χ1) is 15.7. The van der Waals surface area contributed by atoms with E-state index in [1.54, 1.807) is 0 Å². The lowest BCUT2D eigenvalue weighted by Gasteiger charge is -2.31. The van der Waals surface area contributed by atoms with Crippen LogP contribution in [0.1, 0.15) is 23.6 Å². The molecule has 0 aliphatic carbocycles. The van der Waals surface area contributed by atoms with Crippen LogP contribution in [0.4, 0.5) is 0 Å². The molecule has 1 heterocycles. The highest BCUT2D eigenvalue weighted by molar-refractivity contribution is 9.10. The van der Waals surface area contributed by atoms with Gasteiger partial charge >= 0.3 is 0 Å². The number of hydrogen-bond donors (Lipinski definition) is 0. The average molecular weight is 510 g/mol. The molecule has 0 aromatic heterocycles. The summed E-state index contributed by atoms with van der Waals surface area (Å²) in [7, 11) is 0. The second kappa shape index (κ2) is 11.7. The Hall–Kier alpha value is -2.08.